The minimum Gasteiger partial charge on any atom is -0.369 e. The molecule has 3 heterocycles. The van der Waals surface area contributed by atoms with Crippen LogP contribution in [-0.4, -0.2) is 64.9 Å². The minimum atomic E-state index is 0.681. The molecule has 156 valence electrons. The molecule has 0 spiro atoms. The first-order valence-electron chi connectivity index (χ1n) is 11.2. The molecule has 1 unspecified atom stereocenters. The number of benzene rings is 2. The lowest BCUT2D eigenvalue weighted by molar-refractivity contribution is 0.0888. The van der Waals surface area contributed by atoms with E-state index in [0.29, 0.717) is 6.04 Å². The Balaban J connectivity index is 1.16. The first kappa shape index (κ1) is 19.3. The van der Waals surface area contributed by atoms with Crippen LogP contribution in [0.25, 0.3) is 5.69 Å². The first-order valence-corrected chi connectivity index (χ1v) is 11.2. The molecule has 0 bridgehead atoms. The Kier molecular flexibility index (Phi) is 5.82. The van der Waals surface area contributed by atoms with E-state index in [1.54, 1.807) is 0 Å². The topological polar surface area (TPSA) is 27.5 Å². The third-order valence-corrected chi connectivity index (χ3v) is 6.50. The van der Waals surface area contributed by atoms with E-state index in [1.807, 2.05) is 16.9 Å². The standard InChI is InChI=1S/C25H31N5/c1-3-8-23(9-4-1)28-14-16-29(17-15-28)25-12-7-13-27(21-25)19-22-18-26-30(20-22)24-10-5-2-6-11-24/h1-6,8-11,18,20,25H,7,12-17,19,21H2. The number of likely N-dealkylation sites (tertiary alicyclic amines) is 1. The molecule has 30 heavy (non-hydrogen) atoms. The number of anilines is 1. The molecular formula is C25H31N5. The van der Waals surface area contributed by atoms with E-state index in [9.17, 15) is 0 Å². The van der Waals surface area contributed by atoms with Gasteiger partial charge in [0.25, 0.3) is 0 Å². The van der Waals surface area contributed by atoms with Gasteiger partial charge in [-0.3, -0.25) is 9.80 Å². The molecular weight excluding hydrogens is 370 g/mol. The van der Waals surface area contributed by atoms with Crippen molar-refractivity contribution in [3.63, 3.8) is 0 Å². The van der Waals surface area contributed by atoms with Crippen LogP contribution < -0.4 is 4.90 Å². The Hall–Kier alpha value is -2.63. The lowest BCUT2D eigenvalue weighted by atomic mass is 10.0. The lowest BCUT2D eigenvalue weighted by Crippen LogP contribution is -2.55. The van der Waals surface area contributed by atoms with Crippen LogP contribution in [-0.2, 0) is 6.54 Å². The van der Waals surface area contributed by atoms with Crippen LogP contribution in [0, 0.1) is 0 Å². The smallest absolute Gasteiger partial charge is 0.0645 e. The molecule has 0 amide bonds. The molecule has 0 N–H and O–H groups in total. The molecule has 5 heteroatoms. The summed E-state index contributed by atoms with van der Waals surface area (Å²) >= 11 is 0. The molecule has 2 aliphatic rings. The van der Waals surface area contributed by atoms with Gasteiger partial charge < -0.3 is 4.90 Å². The predicted octanol–water partition coefficient (Wildman–Crippen LogP) is 3.66. The van der Waals surface area contributed by atoms with Crippen molar-refractivity contribution in [3.05, 3.63) is 78.6 Å². The summed E-state index contributed by atoms with van der Waals surface area (Å²) in [6.07, 6.45) is 6.81. The highest BCUT2D eigenvalue weighted by molar-refractivity contribution is 5.46. The summed E-state index contributed by atoms with van der Waals surface area (Å²) in [6.45, 7) is 7.94. The maximum absolute atomic E-state index is 4.57. The second kappa shape index (κ2) is 9.02. The van der Waals surface area contributed by atoms with Gasteiger partial charge in [-0.1, -0.05) is 36.4 Å². The van der Waals surface area contributed by atoms with E-state index in [1.165, 1.54) is 50.3 Å². The van der Waals surface area contributed by atoms with Gasteiger partial charge in [-0.2, -0.15) is 5.10 Å². The van der Waals surface area contributed by atoms with Gasteiger partial charge in [-0.05, 0) is 43.7 Å². The van der Waals surface area contributed by atoms with E-state index >= 15 is 0 Å². The summed E-state index contributed by atoms with van der Waals surface area (Å²) in [5.41, 5.74) is 3.78. The minimum absolute atomic E-state index is 0.681. The van der Waals surface area contributed by atoms with Gasteiger partial charge >= 0.3 is 0 Å². The van der Waals surface area contributed by atoms with Gasteiger partial charge in [0.2, 0.25) is 0 Å². The molecule has 5 nitrogen and oxygen atoms in total. The Morgan fingerprint density at radius 1 is 0.800 bits per heavy atom. The number of piperidine rings is 1. The van der Waals surface area contributed by atoms with Crippen LogP contribution in [0.4, 0.5) is 5.69 Å². The quantitative estimate of drug-likeness (QED) is 0.652. The van der Waals surface area contributed by atoms with Crippen LogP contribution in [0.5, 0.6) is 0 Å². The van der Waals surface area contributed by atoms with Gasteiger partial charge in [0, 0.05) is 62.8 Å². The highest BCUT2D eigenvalue weighted by atomic mass is 15.3. The number of piperazine rings is 1. The number of hydrogen-bond acceptors (Lipinski definition) is 4. The van der Waals surface area contributed by atoms with Gasteiger partial charge in [0.1, 0.15) is 0 Å². The van der Waals surface area contributed by atoms with Crippen molar-refractivity contribution in [1.82, 2.24) is 19.6 Å². The van der Waals surface area contributed by atoms with Crippen molar-refractivity contribution in [2.45, 2.75) is 25.4 Å². The first-order chi connectivity index (χ1) is 14.8. The zero-order valence-electron chi connectivity index (χ0n) is 17.6. The molecule has 2 fully saturated rings. The van der Waals surface area contributed by atoms with Crippen LogP contribution in [0.2, 0.25) is 0 Å². The van der Waals surface area contributed by atoms with Gasteiger partial charge in [0.15, 0.2) is 0 Å². The Bertz CT molecular complexity index is 915. The third-order valence-electron chi connectivity index (χ3n) is 6.50. The van der Waals surface area contributed by atoms with Crippen molar-refractivity contribution >= 4 is 5.69 Å². The van der Waals surface area contributed by atoms with Gasteiger partial charge in [-0.15, -0.1) is 0 Å². The molecule has 5 rings (SSSR count). The van der Waals surface area contributed by atoms with Crippen LogP contribution in [0.3, 0.4) is 0 Å². The summed E-state index contributed by atoms with van der Waals surface area (Å²) in [4.78, 5) is 7.86. The molecule has 2 aromatic carbocycles. The van der Waals surface area contributed by atoms with Crippen molar-refractivity contribution in [1.29, 1.82) is 0 Å². The SMILES string of the molecule is c1ccc(N2CCN(C3CCCN(Cc4cnn(-c5ccccc5)c4)C3)CC2)cc1. The fraction of sp³-hybridized carbons (Fsp3) is 0.400. The van der Waals surface area contributed by atoms with E-state index in [0.717, 1.165) is 25.3 Å². The van der Waals surface area contributed by atoms with Crippen molar-refractivity contribution in [2.24, 2.45) is 0 Å². The van der Waals surface area contributed by atoms with E-state index in [-0.39, 0.29) is 0 Å². The van der Waals surface area contributed by atoms with Gasteiger partial charge in [0.05, 0.1) is 11.9 Å². The molecule has 0 aliphatic carbocycles. The normalized spacial score (nSPS) is 21.1. The number of aromatic nitrogens is 2. The zero-order chi connectivity index (χ0) is 20.2. The molecule has 1 atom stereocenters. The summed E-state index contributed by atoms with van der Waals surface area (Å²) in [5.74, 6) is 0. The average molecular weight is 402 g/mol. The largest absolute Gasteiger partial charge is 0.369 e. The molecule has 2 saturated heterocycles. The van der Waals surface area contributed by atoms with E-state index in [2.05, 4.69) is 80.6 Å². The third kappa shape index (κ3) is 4.42. The maximum Gasteiger partial charge on any atom is 0.0645 e. The van der Waals surface area contributed by atoms with Crippen LogP contribution in [0.15, 0.2) is 73.1 Å². The Labute approximate surface area is 179 Å². The molecule has 0 saturated carbocycles. The van der Waals surface area contributed by atoms with Crippen LogP contribution in [0.1, 0.15) is 18.4 Å². The zero-order valence-corrected chi connectivity index (χ0v) is 17.6. The van der Waals surface area contributed by atoms with Crippen molar-refractivity contribution in [3.8, 4) is 5.69 Å². The monoisotopic (exact) mass is 401 g/mol. The summed E-state index contributed by atoms with van der Waals surface area (Å²) in [5, 5.41) is 4.57. The number of para-hydroxylation sites is 2. The predicted molar refractivity (Wildman–Crippen MR) is 122 cm³/mol. The van der Waals surface area contributed by atoms with Crippen molar-refractivity contribution < 1.29 is 0 Å². The second-order valence-corrected chi connectivity index (χ2v) is 8.52. The fourth-order valence-corrected chi connectivity index (χ4v) is 4.88. The van der Waals surface area contributed by atoms with Gasteiger partial charge in [-0.25, -0.2) is 4.68 Å². The number of nitrogens with zero attached hydrogens (tertiary/aromatic N) is 5. The summed E-state index contributed by atoms with van der Waals surface area (Å²) in [6, 6.07) is 21.9. The summed E-state index contributed by atoms with van der Waals surface area (Å²) < 4.78 is 1.99. The van der Waals surface area contributed by atoms with Crippen LogP contribution >= 0.6 is 0 Å². The average Bonchev–Trinajstić information content (AvgIpc) is 3.29. The Morgan fingerprint density at radius 2 is 1.50 bits per heavy atom. The molecule has 2 aliphatic heterocycles. The lowest BCUT2D eigenvalue weighted by Gasteiger charge is -2.44. The fourth-order valence-electron chi connectivity index (χ4n) is 4.88. The highest BCUT2D eigenvalue weighted by Gasteiger charge is 2.28. The van der Waals surface area contributed by atoms with Crippen molar-refractivity contribution in [2.75, 3.05) is 44.2 Å². The van der Waals surface area contributed by atoms with E-state index < -0.39 is 0 Å². The number of rotatable bonds is 5. The maximum atomic E-state index is 4.57. The molecule has 3 aromatic rings. The number of hydrogen-bond donors (Lipinski definition) is 0. The summed E-state index contributed by atoms with van der Waals surface area (Å²) in [7, 11) is 0. The second-order valence-electron chi connectivity index (χ2n) is 8.52. The molecule has 0 radical (unpaired) electrons. The highest BCUT2D eigenvalue weighted by Crippen LogP contribution is 2.22. The van der Waals surface area contributed by atoms with E-state index in [4.69, 9.17) is 0 Å². The Morgan fingerprint density at radius 3 is 2.23 bits per heavy atom. The molecule has 1 aromatic heterocycles.